The zero-order valence-electron chi connectivity index (χ0n) is 15.0. The van der Waals surface area contributed by atoms with Crippen LogP contribution >= 0.6 is 0 Å². The summed E-state index contributed by atoms with van der Waals surface area (Å²) in [4.78, 5) is 23.6. The maximum absolute atomic E-state index is 12.5. The highest BCUT2D eigenvalue weighted by atomic mass is 16.1. The molecule has 1 aromatic heterocycles. The number of nitrogen functional groups attached to an aromatic ring is 1. The Morgan fingerprint density at radius 3 is 2.56 bits per heavy atom. The first-order chi connectivity index (χ1) is 11.9. The standard InChI is InChI=1S/C19H25N5O/c1-12-4-5-15(20)11-17(12)19(25)23-16-6-8-24(9-7-16)18-10-13(2)21-14(3)22-18/h4-5,10-11,16H,6-9,20H2,1-3H3,(H,23,25). The number of hydrogen-bond acceptors (Lipinski definition) is 5. The van der Waals surface area contributed by atoms with Gasteiger partial charge in [-0.25, -0.2) is 9.97 Å². The second-order valence-corrected chi connectivity index (χ2v) is 6.72. The molecular weight excluding hydrogens is 314 g/mol. The fourth-order valence-electron chi connectivity index (χ4n) is 3.26. The highest BCUT2D eigenvalue weighted by molar-refractivity contribution is 5.96. The summed E-state index contributed by atoms with van der Waals surface area (Å²) in [5.41, 5.74) is 9.00. The van der Waals surface area contributed by atoms with E-state index in [0.29, 0.717) is 11.3 Å². The normalized spacial score (nSPS) is 15.2. The lowest BCUT2D eigenvalue weighted by molar-refractivity contribution is 0.0930. The number of hydrogen-bond donors (Lipinski definition) is 2. The van der Waals surface area contributed by atoms with E-state index in [-0.39, 0.29) is 11.9 Å². The molecule has 0 unspecified atom stereocenters. The van der Waals surface area contributed by atoms with Gasteiger partial charge in [0.05, 0.1) is 0 Å². The summed E-state index contributed by atoms with van der Waals surface area (Å²) in [5, 5.41) is 3.14. The number of rotatable bonds is 3. The second-order valence-electron chi connectivity index (χ2n) is 6.72. The quantitative estimate of drug-likeness (QED) is 0.839. The summed E-state index contributed by atoms with van der Waals surface area (Å²) in [6, 6.07) is 7.63. The largest absolute Gasteiger partial charge is 0.399 e. The van der Waals surface area contributed by atoms with E-state index in [1.807, 2.05) is 39.0 Å². The molecule has 0 spiro atoms. The van der Waals surface area contributed by atoms with Gasteiger partial charge in [-0.2, -0.15) is 0 Å². The topological polar surface area (TPSA) is 84.1 Å². The molecule has 2 aromatic rings. The average Bonchev–Trinajstić information content (AvgIpc) is 2.57. The number of nitrogens with one attached hydrogen (secondary N) is 1. The Morgan fingerprint density at radius 1 is 1.16 bits per heavy atom. The van der Waals surface area contributed by atoms with E-state index in [1.54, 1.807) is 6.07 Å². The van der Waals surface area contributed by atoms with E-state index in [2.05, 4.69) is 20.2 Å². The molecule has 1 fully saturated rings. The maximum atomic E-state index is 12.5. The molecule has 1 aromatic carbocycles. The van der Waals surface area contributed by atoms with Crippen molar-refractivity contribution in [3.05, 3.63) is 46.9 Å². The van der Waals surface area contributed by atoms with Crippen molar-refractivity contribution in [1.82, 2.24) is 15.3 Å². The van der Waals surface area contributed by atoms with E-state index >= 15 is 0 Å². The molecular formula is C19H25N5O. The molecule has 1 aliphatic rings. The lowest BCUT2D eigenvalue weighted by Crippen LogP contribution is -2.45. The van der Waals surface area contributed by atoms with Gasteiger partial charge >= 0.3 is 0 Å². The highest BCUT2D eigenvalue weighted by Gasteiger charge is 2.23. The number of piperidine rings is 1. The average molecular weight is 339 g/mol. The predicted molar refractivity (Wildman–Crippen MR) is 99.8 cm³/mol. The number of aryl methyl sites for hydroxylation is 3. The summed E-state index contributed by atoms with van der Waals surface area (Å²) in [6.45, 7) is 7.57. The SMILES string of the molecule is Cc1cc(N2CCC(NC(=O)c3cc(N)ccc3C)CC2)nc(C)n1. The number of aromatic nitrogens is 2. The van der Waals surface area contributed by atoms with Gasteiger partial charge in [0.2, 0.25) is 0 Å². The van der Waals surface area contributed by atoms with Crippen molar-refractivity contribution in [2.24, 2.45) is 0 Å². The van der Waals surface area contributed by atoms with Crippen LogP contribution < -0.4 is 16.0 Å². The Kier molecular flexibility index (Phi) is 4.88. The van der Waals surface area contributed by atoms with Gasteiger partial charge in [-0.3, -0.25) is 4.79 Å². The van der Waals surface area contributed by atoms with Crippen molar-refractivity contribution >= 4 is 17.4 Å². The molecule has 1 saturated heterocycles. The molecule has 0 bridgehead atoms. The zero-order chi connectivity index (χ0) is 18.0. The number of carbonyl (C=O) groups is 1. The van der Waals surface area contributed by atoms with Gasteiger partial charge < -0.3 is 16.0 Å². The van der Waals surface area contributed by atoms with E-state index in [1.165, 1.54) is 0 Å². The fourth-order valence-corrected chi connectivity index (χ4v) is 3.26. The van der Waals surface area contributed by atoms with Crippen molar-refractivity contribution in [2.45, 2.75) is 39.7 Å². The molecule has 2 heterocycles. The third-order valence-electron chi connectivity index (χ3n) is 4.61. The van der Waals surface area contributed by atoms with Gasteiger partial charge in [0, 0.05) is 42.1 Å². The Hall–Kier alpha value is -2.63. The molecule has 25 heavy (non-hydrogen) atoms. The smallest absolute Gasteiger partial charge is 0.251 e. The van der Waals surface area contributed by atoms with Gasteiger partial charge in [0.25, 0.3) is 5.91 Å². The highest BCUT2D eigenvalue weighted by Crippen LogP contribution is 2.20. The van der Waals surface area contributed by atoms with E-state index in [0.717, 1.165) is 48.8 Å². The van der Waals surface area contributed by atoms with Crippen LogP contribution in [0.3, 0.4) is 0 Å². The minimum absolute atomic E-state index is 0.0445. The molecule has 0 saturated carbocycles. The molecule has 0 radical (unpaired) electrons. The minimum Gasteiger partial charge on any atom is -0.399 e. The zero-order valence-corrected chi connectivity index (χ0v) is 15.0. The van der Waals surface area contributed by atoms with Crippen molar-refractivity contribution in [3.63, 3.8) is 0 Å². The fraction of sp³-hybridized carbons (Fsp3) is 0.421. The third-order valence-corrected chi connectivity index (χ3v) is 4.61. The van der Waals surface area contributed by atoms with Crippen LogP contribution in [0.1, 0.15) is 40.3 Å². The van der Waals surface area contributed by atoms with Gasteiger partial charge in [0.15, 0.2) is 0 Å². The van der Waals surface area contributed by atoms with E-state index in [9.17, 15) is 4.79 Å². The summed E-state index contributed by atoms with van der Waals surface area (Å²) in [6.07, 6.45) is 1.80. The lowest BCUT2D eigenvalue weighted by atomic mass is 10.0. The summed E-state index contributed by atoms with van der Waals surface area (Å²) >= 11 is 0. The minimum atomic E-state index is -0.0445. The Labute approximate surface area is 148 Å². The van der Waals surface area contributed by atoms with Crippen LogP contribution in [0, 0.1) is 20.8 Å². The summed E-state index contributed by atoms with van der Waals surface area (Å²) in [5.74, 6) is 1.72. The molecule has 1 amide bonds. The monoisotopic (exact) mass is 339 g/mol. The maximum Gasteiger partial charge on any atom is 0.251 e. The second kappa shape index (κ2) is 7.09. The van der Waals surface area contributed by atoms with E-state index < -0.39 is 0 Å². The molecule has 0 atom stereocenters. The molecule has 3 rings (SSSR count). The molecule has 1 aliphatic heterocycles. The van der Waals surface area contributed by atoms with Crippen LogP contribution in [-0.2, 0) is 0 Å². The number of carbonyl (C=O) groups excluding carboxylic acids is 1. The number of nitrogens with zero attached hydrogens (tertiary/aromatic N) is 3. The van der Waals surface area contributed by atoms with Crippen LogP contribution in [-0.4, -0.2) is 35.0 Å². The van der Waals surface area contributed by atoms with Gasteiger partial charge in [-0.05, 0) is 51.3 Å². The summed E-state index contributed by atoms with van der Waals surface area (Å²) < 4.78 is 0. The first kappa shape index (κ1) is 17.2. The first-order valence-electron chi connectivity index (χ1n) is 8.66. The number of benzene rings is 1. The van der Waals surface area contributed by atoms with Crippen LogP contribution in [0.4, 0.5) is 11.5 Å². The molecule has 6 heteroatoms. The van der Waals surface area contributed by atoms with Crippen LogP contribution in [0.5, 0.6) is 0 Å². The van der Waals surface area contributed by atoms with Gasteiger partial charge in [-0.15, -0.1) is 0 Å². The van der Waals surface area contributed by atoms with Crippen molar-refractivity contribution in [3.8, 4) is 0 Å². The Bertz CT molecular complexity index is 761. The number of nitrogens with two attached hydrogens (primary N) is 1. The van der Waals surface area contributed by atoms with Gasteiger partial charge in [0.1, 0.15) is 11.6 Å². The lowest BCUT2D eigenvalue weighted by Gasteiger charge is -2.33. The summed E-state index contributed by atoms with van der Waals surface area (Å²) in [7, 11) is 0. The predicted octanol–water partition coefficient (Wildman–Crippen LogP) is 2.38. The molecule has 0 aliphatic carbocycles. The Balaban J connectivity index is 1.61. The van der Waals surface area contributed by atoms with Crippen molar-refractivity contribution in [1.29, 1.82) is 0 Å². The van der Waals surface area contributed by atoms with Crippen LogP contribution in [0.2, 0.25) is 0 Å². The van der Waals surface area contributed by atoms with Crippen LogP contribution in [0.25, 0.3) is 0 Å². The molecule has 6 nitrogen and oxygen atoms in total. The Morgan fingerprint density at radius 2 is 1.88 bits per heavy atom. The van der Waals surface area contributed by atoms with Gasteiger partial charge in [-0.1, -0.05) is 6.07 Å². The number of amides is 1. The van der Waals surface area contributed by atoms with Crippen molar-refractivity contribution in [2.75, 3.05) is 23.7 Å². The molecule has 3 N–H and O–H groups in total. The number of anilines is 2. The molecule has 132 valence electrons. The third kappa shape index (κ3) is 4.07. The van der Waals surface area contributed by atoms with Crippen molar-refractivity contribution < 1.29 is 4.79 Å². The van der Waals surface area contributed by atoms with E-state index in [4.69, 9.17) is 5.73 Å². The van der Waals surface area contributed by atoms with Crippen LogP contribution in [0.15, 0.2) is 24.3 Å². The first-order valence-corrected chi connectivity index (χ1v) is 8.66.